The predicted molar refractivity (Wildman–Crippen MR) is 71.7 cm³/mol. The van der Waals surface area contributed by atoms with Crippen LogP contribution in [0, 0.1) is 12.8 Å². The zero-order valence-corrected chi connectivity index (χ0v) is 11.6. The summed E-state index contributed by atoms with van der Waals surface area (Å²) in [5, 5.41) is 9.73. The van der Waals surface area contributed by atoms with Crippen LogP contribution in [0.3, 0.4) is 0 Å². The molecule has 2 rings (SSSR count). The topological polar surface area (TPSA) is 70.2 Å². The minimum Gasteiger partial charge on any atom is -0.381 e. The minimum absolute atomic E-state index is 0.000372. The van der Waals surface area contributed by atoms with Crippen LogP contribution in [-0.2, 0) is 11.3 Å². The van der Waals surface area contributed by atoms with Crippen molar-refractivity contribution in [2.75, 3.05) is 26.3 Å². The van der Waals surface area contributed by atoms with E-state index in [-0.39, 0.29) is 6.03 Å². The lowest BCUT2D eigenvalue weighted by molar-refractivity contribution is 0.113. The van der Waals surface area contributed by atoms with Gasteiger partial charge in [-0.05, 0) is 20.3 Å². The summed E-state index contributed by atoms with van der Waals surface area (Å²) in [5.41, 5.74) is 2.02. The number of aromatic nitrogens is 2. The molecule has 106 valence electrons. The van der Waals surface area contributed by atoms with E-state index in [1.165, 1.54) is 0 Å². The van der Waals surface area contributed by atoms with Gasteiger partial charge >= 0.3 is 6.03 Å². The molecule has 0 aliphatic carbocycles. The molecule has 1 aromatic heterocycles. The summed E-state index contributed by atoms with van der Waals surface area (Å²) >= 11 is 0. The molecule has 6 heteroatoms. The van der Waals surface area contributed by atoms with Crippen LogP contribution < -0.4 is 5.32 Å². The number of H-pyrrole nitrogens is 1. The highest BCUT2D eigenvalue weighted by Gasteiger charge is 2.26. The molecule has 1 atom stereocenters. The molecule has 2 heterocycles. The Morgan fingerprint density at radius 2 is 2.53 bits per heavy atom. The maximum atomic E-state index is 12.0. The molecule has 2 N–H and O–H groups in total. The summed E-state index contributed by atoms with van der Waals surface area (Å²) in [6.45, 7) is 7.55. The lowest BCUT2D eigenvalue weighted by Crippen LogP contribution is -2.38. The van der Waals surface area contributed by atoms with Gasteiger partial charge in [-0.25, -0.2) is 4.79 Å². The molecule has 1 aliphatic heterocycles. The van der Waals surface area contributed by atoms with E-state index in [1.807, 2.05) is 18.7 Å². The smallest absolute Gasteiger partial charge is 0.317 e. The quantitative estimate of drug-likeness (QED) is 0.843. The van der Waals surface area contributed by atoms with Crippen molar-refractivity contribution in [3.8, 4) is 0 Å². The van der Waals surface area contributed by atoms with Gasteiger partial charge in [-0.3, -0.25) is 5.10 Å². The first-order chi connectivity index (χ1) is 9.20. The molecule has 1 fully saturated rings. The number of hydrogen-bond acceptors (Lipinski definition) is 3. The number of carbonyl (C=O) groups excluding carboxylic acids is 1. The average Bonchev–Trinajstić information content (AvgIpc) is 3.03. The van der Waals surface area contributed by atoms with Gasteiger partial charge in [0.2, 0.25) is 0 Å². The highest BCUT2D eigenvalue weighted by Crippen LogP contribution is 2.16. The lowest BCUT2D eigenvalue weighted by Gasteiger charge is -2.17. The summed E-state index contributed by atoms with van der Waals surface area (Å²) < 4.78 is 5.41. The second-order valence-corrected chi connectivity index (χ2v) is 4.94. The Bertz CT molecular complexity index is 419. The molecule has 1 aliphatic rings. The summed E-state index contributed by atoms with van der Waals surface area (Å²) in [5.74, 6) is 0.473. The Morgan fingerprint density at radius 1 is 1.68 bits per heavy atom. The third-order valence-corrected chi connectivity index (χ3v) is 3.50. The van der Waals surface area contributed by atoms with Gasteiger partial charge in [-0.1, -0.05) is 0 Å². The number of aryl methyl sites for hydroxylation is 1. The largest absolute Gasteiger partial charge is 0.381 e. The lowest BCUT2D eigenvalue weighted by atomic mass is 10.1. The number of likely N-dealkylation sites (tertiary alicyclic amines) is 1. The number of ether oxygens (including phenoxy) is 1. The Labute approximate surface area is 113 Å². The van der Waals surface area contributed by atoms with Gasteiger partial charge in [-0.2, -0.15) is 5.10 Å². The first-order valence-electron chi connectivity index (χ1n) is 6.80. The van der Waals surface area contributed by atoms with E-state index in [0.717, 1.165) is 44.0 Å². The average molecular weight is 266 g/mol. The number of carbonyl (C=O) groups is 1. The summed E-state index contributed by atoms with van der Waals surface area (Å²) in [7, 11) is 0. The van der Waals surface area contributed by atoms with Crippen LogP contribution in [0.25, 0.3) is 0 Å². The summed E-state index contributed by atoms with van der Waals surface area (Å²) in [6.07, 6.45) is 2.77. The number of hydrogen-bond donors (Lipinski definition) is 2. The van der Waals surface area contributed by atoms with Crippen molar-refractivity contribution in [2.45, 2.75) is 26.8 Å². The van der Waals surface area contributed by atoms with Crippen molar-refractivity contribution in [3.05, 3.63) is 17.5 Å². The molecular formula is C13H22N4O2. The summed E-state index contributed by atoms with van der Waals surface area (Å²) in [6, 6.07) is -0.000372. The highest BCUT2D eigenvalue weighted by molar-refractivity contribution is 5.74. The predicted octanol–water partition coefficient (Wildman–Crippen LogP) is 1.29. The molecule has 0 radical (unpaired) electrons. The van der Waals surface area contributed by atoms with E-state index in [9.17, 15) is 4.79 Å². The van der Waals surface area contributed by atoms with Gasteiger partial charge < -0.3 is 15.0 Å². The van der Waals surface area contributed by atoms with E-state index in [2.05, 4.69) is 15.5 Å². The number of urea groups is 1. The minimum atomic E-state index is -0.000372. The van der Waals surface area contributed by atoms with Crippen molar-refractivity contribution in [2.24, 2.45) is 5.92 Å². The molecule has 2 amide bonds. The first kappa shape index (κ1) is 13.9. The van der Waals surface area contributed by atoms with E-state index in [4.69, 9.17) is 4.74 Å². The SMILES string of the molecule is CCOCC1CCN(C(=O)NCc2cn[nH]c2C)C1. The molecule has 0 aromatic carbocycles. The second kappa shape index (κ2) is 6.56. The van der Waals surface area contributed by atoms with E-state index >= 15 is 0 Å². The fraction of sp³-hybridized carbons (Fsp3) is 0.692. The van der Waals surface area contributed by atoms with Crippen LogP contribution in [0.15, 0.2) is 6.20 Å². The molecule has 6 nitrogen and oxygen atoms in total. The van der Waals surface area contributed by atoms with Crippen molar-refractivity contribution in [3.63, 3.8) is 0 Å². The molecule has 0 bridgehead atoms. The van der Waals surface area contributed by atoms with Crippen LogP contribution in [0.2, 0.25) is 0 Å². The molecule has 1 aromatic rings. The Balaban J connectivity index is 1.74. The standard InChI is InChI=1S/C13H22N4O2/c1-3-19-9-11-4-5-17(8-11)13(18)14-6-12-7-15-16-10(12)2/h7,11H,3-6,8-9H2,1-2H3,(H,14,18)(H,15,16). The molecular weight excluding hydrogens is 244 g/mol. The Hall–Kier alpha value is -1.56. The van der Waals surface area contributed by atoms with Crippen LogP contribution in [0.4, 0.5) is 4.79 Å². The molecule has 1 unspecified atom stereocenters. The maximum Gasteiger partial charge on any atom is 0.317 e. The van der Waals surface area contributed by atoms with Gasteiger partial charge in [0.15, 0.2) is 0 Å². The normalized spacial score (nSPS) is 18.8. The molecule has 0 spiro atoms. The van der Waals surface area contributed by atoms with Gasteiger partial charge in [0.05, 0.1) is 12.8 Å². The van der Waals surface area contributed by atoms with Crippen LogP contribution >= 0.6 is 0 Å². The number of nitrogens with zero attached hydrogens (tertiary/aromatic N) is 2. The van der Waals surface area contributed by atoms with Crippen LogP contribution in [-0.4, -0.2) is 47.4 Å². The zero-order chi connectivity index (χ0) is 13.7. The van der Waals surface area contributed by atoms with Gasteiger partial charge in [0.25, 0.3) is 0 Å². The van der Waals surface area contributed by atoms with Crippen molar-refractivity contribution >= 4 is 6.03 Å². The molecule has 1 saturated heterocycles. The maximum absolute atomic E-state index is 12.0. The van der Waals surface area contributed by atoms with Crippen molar-refractivity contribution in [1.29, 1.82) is 0 Å². The monoisotopic (exact) mass is 266 g/mol. The number of rotatable bonds is 5. The van der Waals surface area contributed by atoms with E-state index in [1.54, 1.807) is 6.20 Å². The van der Waals surface area contributed by atoms with Gasteiger partial charge in [0.1, 0.15) is 0 Å². The fourth-order valence-electron chi connectivity index (χ4n) is 2.27. The number of nitrogens with one attached hydrogen (secondary N) is 2. The van der Waals surface area contributed by atoms with Gasteiger partial charge in [0, 0.05) is 43.4 Å². The fourth-order valence-corrected chi connectivity index (χ4v) is 2.27. The number of amides is 2. The van der Waals surface area contributed by atoms with Crippen LogP contribution in [0.1, 0.15) is 24.6 Å². The Morgan fingerprint density at radius 3 is 3.21 bits per heavy atom. The van der Waals surface area contributed by atoms with E-state index in [0.29, 0.717) is 12.5 Å². The third kappa shape index (κ3) is 3.70. The summed E-state index contributed by atoms with van der Waals surface area (Å²) in [4.78, 5) is 13.9. The first-order valence-corrected chi connectivity index (χ1v) is 6.80. The third-order valence-electron chi connectivity index (χ3n) is 3.50. The molecule has 0 saturated carbocycles. The van der Waals surface area contributed by atoms with E-state index < -0.39 is 0 Å². The zero-order valence-electron chi connectivity index (χ0n) is 11.6. The second-order valence-electron chi connectivity index (χ2n) is 4.94. The highest BCUT2D eigenvalue weighted by atomic mass is 16.5. The Kier molecular flexibility index (Phi) is 4.79. The van der Waals surface area contributed by atoms with Crippen LogP contribution in [0.5, 0.6) is 0 Å². The van der Waals surface area contributed by atoms with Crippen molar-refractivity contribution in [1.82, 2.24) is 20.4 Å². The van der Waals surface area contributed by atoms with Crippen molar-refractivity contribution < 1.29 is 9.53 Å². The van der Waals surface area contributed by atoms with Gasteiger partial charge in [-0.15, -0.1) is 0 Å². The molecule has 19 heavy (non-hydrogen) atoms. The number of aromatic amines is 1.